The zero-order chi connectivity index (χ0) is 17.1. The summed E-state index contributed by atoms with van der Waals surface area (Å²) in [7, 11) is 1.58. The van der Waals surface area contributed by atoms with Crippen molar-refractivity contribution in [3.8, 4) is 0 Å². The van der Waals surface area contributed by atoms with Crippen molar-refractivity contribution < 1.29 is 24.1 Å². The highest BCUT2D eigenvalue weighted by Crippen LogP contribution is 2.34. The van der Waals surface area contributed by atoms with Gasteiger partial charge in [-0.15, -0.1) is 0 Å². The quantitative estimate of drug-likeness (QED) is 0.847. The number of rotatable bonds is 5. The fraction of sp³-hybridized carbons (Fsp3) is 0.667. The molecule has 3 rings (SSSR count). The summed E-state index contributed by atoms with van der Waals surface area (Å²) in [5, 5.41) is 14.2. The van der Waals surface area contributed by atoms with Gasteiger partial charge in [0.05, 0.1) is 12.6 Å². The Morgan fingerprint density at radius 2 is 2.00 bits per heavy atom. The number of ether oxygens (including phenoxy) is 4. The Morgan fingerprint density at radius 3 is 2.67 bits per heavy atom. The Labute approximate surface area is 143 Å². The molecule has 1 aromatic carbocycles. The van der Waals surface area contributed by atoms with Crippen molar-refractivity contribution in [1.82, 2.24) is 5.32 Å². The fourth-order valence-corrected chi connectivity index (χ4v) is 3.16. The van der Waals surface area contributed by atoms with E-state index >= 15 is 0 Å². The van der Waals surface area contributed by atoms with Crippen molar-refractivity contribution in [2.75, 3.05) is 20.3 Å². The van der Waals surface area contributed by atoms with Crippen LogP contribution in [0.15, 0.2) is 30.3 Å². The highest BCUT2D eigenvalue weighted by molar-refractivity contribution is 5.16. The van der Waals surface area contributed by atoms with Crippen LogP contribution in [0, 0.1) is 5.92 Å². The van der Waals surface area contributed by atoms with Crippen molar-refractivity contribution in [1.29, 1.82) is 0 Å². The lowest BCUT2D eigenvalue weighted by Gasteiger charge is -2.47. The molecule has 0 aliphatic carbocycles. The van der Waals surface area contributed by atoms with Crippen LogP contribution in [0.3, 0.4) is 0 Å². The van der Waals surface area contributed by atoms with Crippen LogP contribution in [0.25, 0.3) is 0 Å². The van der Waals surface area contributed by atoms with Crippen molar-refractivity contribution in [3.05, 3.63) is 35.9 Å². The molecule has 0 amide bonds. The van der Waals surface area contributed by atoms with E-state index in [1.54, 1.807) is 7.11 Å². The van der Waals surface area contributed by atoms with Crippen LogP contribution in [-0.2, 0) is 18.9 Å². The molecule has 0 saturated carbocycles. The molecule has 6 heteroatoms. The summed E-state index contributed by atoms with van der Waals surface area (Å²) in [6.07, 6.45) is -2.55. The first-order chi connectivity index (χ1) is 11.6. The minimum absolute atomic E-state index is 0.340. The van der Waals surface area contributed by atoms with Crippen molar-refractivity contribution >= 4 is 0 Å². The van der Waals surface area contributed by atoms with E-state index in [0.717, 1.165) is 12.1 Å². The van der Waals surface area contributed by atoms with Gasteiger partial charge < -0.3 is 29.4 Å². The zero-order valence-electron chi connectivity index (χ0n) is 14.4. The van der Waals surface area contributed by atoms with Gasteiger partial charge >= 0.3 is 0 Å². The predicted molar refractivity (Wildman–Crippen MR) is 88.3 cm³/mol. The third-order valence-electron chi connectivity index (χ3n) is 4.43. The number of methoxy groups -OCH3 is 1. The van der Waals surface area contributed by atoms with Gasteiger partial charge in [0, 0.05) is 12.7 Å². The van der Waals surface area contributed by atoms with E-state index in [1.807, 2.05) is 30.3 Å². The Hall–Kier alpha value is -1.02. The lowest BCUT2D eigenvalue weighted by atomic mass is 9.95. The molecule has 2 aliphatic rings. The minimum atomic E-state index is -0.734. The van der Waals surface area contributed by atoms with Crippen LogP contribution in [0.1, 0.15) is 25.7 Å². The maximum absolute atomic E-state index is 10.8. The lowest BCUT2D eigenvalue weighted by Crippen LogP contribution is -2.66. The molecule has 6 nitrogen and oxygen atoms in total. The van der Waals surface area contributed by atoms with Crippen molar-refractivity contribution in [3.63, 3.8) is 0 Å². The Kier molecular flexibility index (Phi) is 5.86. The highest BCUT2D eigenvalue weighted by Gasteiger charge is 2.49. The monoisotopic (exact) mass is 337 g/mol. The number of aliphatic hydroxyl groups excluding tert-OH is 1. The third-order valence-corrected chi connectivity index (χ3v) is 4.43. The maximum Gasteiger partial charge on any atom is 0.184 e. The third kappa shape index (κ3) is 3.79. The molecule has 0 spiro atoms. The minimum Gasteiger partial charge on any atom is -0.388 e. The van der Waals surface area contributed by atoms with Crippen molar-refractivity contribution in [2.45, 2.75) is 50.8 Å². The van der Waals surface area contributed by atoms with Gasteiger partial charge in [-0.25, -0.2) is 0 Å². The first kappa shape index (κ1) is 17.8. The zero-order valence-corrected chi connectivity index (χ0v) is 14.4. The molecule has 0 unspecified atom stereocenters. The van der Waals surface area contributed by atoms with Gasteiger partial charge in [-0.05, 0) is 12.5 Å². The molecule has 134 valence electrons. The number of hydrogen-bond acceptors (Lipinski definition) is 6. The second-order valence-corrected chi connectivity index (χ2v) is 6.77. The van der Waals surface area contributed by atoms with Gasteiger partial charge in [0.2, 0.25) is 0 Å². The first-order valence-electron chi connectivity index (χ1n) is 8.52. The van der Waals surface area contributed by atoms with E-state index < -0.39 is 24.8 Å². The van der Waals surface area contributed by atoms with Crippen LogP contribution < -0.4 is 5.32 Å². The summed E-state index contributed by atoms with van der Waals surface area (Å²) < 4.78 is 23.2. The van der Waals surface area contributed by atoms with Crippen LogP contribution >= 0.6 is 0 Å². The Morgan fingerprint density at radius 1 is 1.25 bits per heavy atom. The molecule has 0 bridgehead atoms. The lowest BCUT2D eigenvalue weighted by molar-refractivity contribution is -0.341. The van der Waals surface area contributed by atoms with E-state index in [4.69, 9.17) is 18.9 Å². The SMILES string of the molecule is CO[C@H]1O[C@@H]2CO[C@@H](c3ccccc3)O[C@H]2[C@@H](O)[C@@H]1NCC(C)C. The number of benzene rings is 1. The molecule has 2 fully saturated rings. The molecule has 0 radical (unpaired) electrons. The second kappa shape index (κ2) is 7.91. The fourth-order valence-electron chi connectivity index (χ4n) is 3.16. The molecule has 6 atom stereocenters. The normalized spacial score (nSPS) is 36.5. The van der Waals surface area contributed by atoms with Crippen LogP contribution in [0.4, 0.5) is 0 Å². The van der Waals surface area contributed by atoms with Crippen LogP contribution in [0.5, 0.6) is 0 Å². The molecular weight excluding hydrogens is 310 g/mol. The number of fused-ring (bicyclic) bond motifs is 1. The molecule has 2 heterocycles. The molecule has 2 aliphatic heterocycles. The van der Waals surface area contributed by atoms with Gasteiger partial charge in [0.15, 0.2) is 12.6 Å². The second-order valence-electron chi connectivity index (χ2n) is 6.77. The molecule has 1 aromatic rings. The molecule has 2 N–H and O–H groups in total. The maximum atomic E-state index is 10.8. The topological polar surface area (TPSA) is 69.2 Å². The molecular formula is C18H27NO5. The van der Waals surface area contributed by atoms with E-state index in [1.165, 1.54) is 0 Å². The summed E-state index contributed by atoms with van der Waals surface area (Å²) in [6.45, 7) is 5.35. The standard InChI is InChI=1S/C18H27NO5/c1-11(2)9-19-14-15(20)16-13(23-18(14)21-3)10-22-17(24-16)12-7-5-4-6-8-12/h4-8,11,13-20H,9-10H2,1-3H3/t13-,14+,15+,16-,17-,18+/m1/s1. The predicted octanol–water partition coefficient (Wildman–Crippen LogP) is 1.45. The summed E-state index contributed by atoms with van der Waals surface area (Å²) in [5.41, 5.74) is 0.934. The van der Waals surface area contributed by atoms with Crippen LogP contribution in [-0.4, -0.2) is 56.0 Å². The van der Waals surface area contributed by atoms with E-state index in [9.17, 15) is 5.11 Å². The summed E-state index contributed by atoms with van der Waals surface area (Å²) in [5.74, 6) is 0.458. The average molecular weight is 337 g/mol. The van der Waals surface area contributed by atoms with Gasteiger partial charge in [-0.2, -0.15) is 0 Å². The summed E-state index contributed by atoms with van der Waals surface area (Å²) in [4.78, 5) is 0. The average Bonchev–Trinajstić information content (AvgIpc) is 2.61. The van der Waals surface area contributed by atoms with Gasteiger partial charge in [-0.1, -0.05) is 44.2 Å². The van der Waals surface area contributed by atoms with Gasteiger partial charge in [0.1, 0.15) is 18.3 Å². The number of aliphatic hydroxyl groups is 1. The Bertz CT molecular complexity index is 511. The molecule has 2 saturated heterocycles. The highest BCUT2D eigenvalue weighted by atomic mass is 16.7. The van der Waals surface area contributed by atoms with Crippen LogP contribution in [0.2, 0.25) is 0 Å². The number of nitrogens with one attached hydrogen (secondary N) is 1. The molecule has 24 heavy (non-hydrogen) atoms. The largest absolute Gasteiger partial charge is 0.388 e. The summed E-state index contributed by atoms with van der Waals surface area (Å²) in [6, 6.07) is 9.39. The van der Waals surface area contributed by atoms with Gasteiger partial charge in [0.25, 0.3) is 0 Å². The first-order valence-corrected chi connectivity index (χ1v) is 8.52. The smallest absolute Gasteiger partial charge is 0.184 e. The van der Waals surface area contributed by atoms with Crippen molar-refractivity contribution in [2.24, 2.45) is 5.92 Å². The van der Waals surface area contributed by atoms with E-state index in [-0.39, 0.29) is 12.1 Å². The van der Waals surface area contributed by atoms with E-state index in [0.29, 0.717) is 12.5 Å². The number of hydrogen-bond donors (Lipinski definition) is 2. The van der Waals surface area contributed by atoms with Gasteiger partial charge in [-0.3, -0.25) is 0 Å². The van der Waals surface area contributed by atoms with E-state index in [2.05, 4.69) is 19.2 Å². The Balaban J connectivity index is 1.71. The summed E-state index contributed by atoms with van der Waals surface area (Å²) >= 11 is 0. The molecule has 0 aromatic heterocycles.